The summed E-state index contributed by atoms with van der Waals surface area (Å²) in [6.07, 6.45) is 4.94. The minimum absolute atomic E-state index is 0.527. The summed E-state index contributed by atoms with van der Waals surface area (Å²) in [6, 6.07) is 87.3. The van der Waals surface area contributed by atoms with Crippen LogP contribution in [0.4, 0.5) is 0 Å². The lowest BCUT2D eigenvalue weighted by atomic mass is 10.2. The van der Waals surface area contributed by atoms with Crippen molar-refractivity contribution in [3.8, 4) is 0 Å². The van der Waals surface area contributed by atoms with E-state index in [0.29, 0.717) is 99.7 Å². The van der Waals surface area contributed by atoms with E-state index in [2.05, 4.69) is 299 Å². The van der Waals surface area contributed by atoms with Crippen LogP contribution in [0, 0.1) is 0 Å². The largest absolute Gasteiger partial charge is 0.651 e. The summed E-state index contributed by atoms with van der Waals surface area (Å²) in [6.45, 7) is 34.1. The smallest absolute Gasteiger partial charge is 0.395 e. The number of rotatable bonds is 40. The van der Waals surface area contributed by atoms with E-state index in [1.807, 2.05) is 48.5 Å². The topological polar surface area (TPSA) is 185 Å². The van der Waals surface area contributed by atoms with Crippen LogP contribution in [-0.4, -0.2) is 139 Å². The molecule has 8 bridgehead atoms. The van der Waals surface area contributed by atoms with Crippen LogP contribution in [0.1, 0.15) is 44.5 Å². The van der Waals surface area contributed by atoms with Crippen LogP contribution in [0.2, 0.25) is 153 Å². The minimum atomic E-state index is -5.61. The Hall–Kier alpha value is -3.57. The summed E-state index contributed by atoms with van der Waals surface area (Å²) >= 11 is 0. The lowest BCUT2D eigenvalue weighted by Gasteiger charge is -2.61. The molecule has 6 aliphatic rings. The second-order valence-corrected chi connectivity index (χ2v) is 92.5. The van der Waals surface area contributed by atoms with E-state index in [1.54, 1.807) is 0 Å². The Labute approximate surface area is 707 Å². The van der Waals surface area contributed by atoms with Crippen LogP contribution >= 0.6 is 0 Å². The van der Waals surface area contributed by atoms with Crippen molar-refractivity contribution >= 4 is 139 Å². The first-order valence-electron chi connectivity index (χ1n) is 41.1. The quantitative estimate of drug-likeness (QED) is 0.0330. The summed E-state index contributed by atoms with van der Waals surface area (Å²) in [7, 11) is -72.1. The van der Waals surface area contributed by atoms with Crippen molar-refractivity contribution in [3.05, 3.63) is 287 Å². The van der Waals surface area contributed by atoms with Crippen molar-refractivity contribution in [2.24, 2.45) is 0 Å². The second kappa shape index (κ2) is 36.7. The Kier molecular flexibility index (Phi) is 28.5. The Bertz CT molecular complexity index is 3540. The lowest BCUT2D eigenvalue weighted by molar-refractivity contribution is -0.129. The number of hydrogen-bond acceptors (Lipinski definition) is 20. The molecule has 6 heterocycles. The number of hydrogen-bond donors (Lipinski definition) is 0. The number of benzene rings is 8. The van der Waals surface area contributed by atoms with Gasteiger partial charge in [-0.2, -0.15) is 0 Å². The van der Waals surface area contributed by atoms with E-state index < -0.39 is 139 Å². The molecule has 6 fully saturated rings. The van der Waals surface area contributed by atoms with Gasteiger partial charge in [0, 0.05) is 0 Å². The van der Waals surface area contributed by atoms with E-state index >= 15 is 0 Å². The molecule has 0 aromatic heterocycles. The fraction of sp³-hybridized carbons (Fsp3) is 0.400. The molecule has 0 N–H and O–H groups in total. The highest BCUT2D eigenvalue weighted by Crippen LogP contribution is 2.55. The summed E-state index contributed by atoms with van der Waals surface area (Å²) in [5.74, 6) is 0. The average Bonchev–Trinajstić information content (AvgIpc) is 0.677. The summed E-state index contributed by atoms with van der Waals surface area (Å²) in [5.41, 5.74) is 8.87. The maximum Gasteiger partial charge on any atom is 0.651 e. The van der Waals surface area contributed by atoms with Gasteiger partial charge in [0.25, 0.3) is 0 Å². The molecule has 0 spiro atoms. The molecule has 0 unspecified atom stereocenters. The number of aryl methyl sites for hydroxylation is 8. The Balaban J connectivity index is 1.13. The first-order chi connectivity index (χ1) is 54.8. The average molecular weight is 1850 g/mol. The first kappa shape index (κ1) is 90.2. The zero-order chi connectivity index (χ0) is 82.4. The summed E-state index contributed by atoms with van der Waals surface area (Å²) in [4.78, 5) is 0. The highest BCUT2D eigenvalue weighted by molar-refractivity contribution is 7.04. The molecule has 8 aromatic rings. The van der Waals surface area contributed by atoms with E-state index in [-0.39, 0.29) is 0 Å². The molecule has 624 valence electrons. The Morgan fingerprint density at radius 1 is 0.155 bits per heavy atom. The van der Waals surface area contributed by atoms with E-state index in [0.717, 1.165) is 44.5 Å². The SMILES string of the molecule is C[Si](C)(CCc1ccccc1)O[Si]12O[Si]3(O[Si](C)(C)CCc4ccccc4)O[Si]4(O[Si](C)(C)CCc5ccccc5)O[Si](O[Si](C)(C)CCc5ccccc5)(O1)O[Si]1(O[Si](C)(C)CCc5ccccc5)O[Si](O[Si](C)(C)CCc5ccccc5)(O2)O[Si](O[Si](C)(C)CCc2ccccc2)(O3)O[Si](O[Si](C)(C)CCc2ccccc2)(O4)O1. The van der Waals surface area contributed by atoms with Gasteiger partial charge in [0.2, 0.25) is 0 Å². The maximum absolute atomic E-state index is 8.46. The fourth-order valence-electron chi connectivity index (χ4n) is 14.7. The Morgan fingerprint density at radius 3 is 0.328 bits per heavy atom. The molecular formula is C80H120O20Si16. The third-order valence-corrected chi connectivity index (χ3v) is 82.4. The molecule has 0 atom stereocenters. The molecule has 0 radical (unpaired) electrons. The van der Waals surface area contributed by atoms with E-state index in [1.165, 1.54) is 0 Å². The normalized spacial score (nSPS) is 25.9. The third-order valence-electron chi connectivity index (χ3n) is 21.1. The van der Waals surface area contributed by atoms with Crippen molar-refractivity contribution in [1.29, 1.82) is 0 Å². The molecular weight excluding hydrogens is 1730 g/mol. The molecule has 20 nitrogen and oxygen atoms in total. The van der Waals surface area contributed by atoms with Crippen LogP contribution < -0.4 is 0 Å². The van der Waals surface area contributed by atoms with Crippen molar-refractivity contribution in [3.63, 3.8) is 0 Å². The van der Waals surface area contributed by atoms with Crippen LogP contribution in [0.25, 0.3) is 0 Å². The summed E-state index contributed by atoms with van der Waals surface area (Å²) in [5, 5.41) is 0. The van der Waals surface area contributed by atoms with Gasteiger partial charge in [-0.25, -0.2) is 0 Å². The van der Waals surface area contributed by atoms with Gasteiger partial charge in [-0.3, -0.25) is 0 Å². The van der Waals surface area contributed by atoms with Gasteiger partial charge < -0.3 is 82.3 Å². The van der Waals surface area contributed by atoms with Crippen molar-refractivity contribution in [2.75, 3.05) is 0 Å². The van der Waals surface area contributed by atoms with Gasteiger partial charge in [0.05, 0.1) is 0 Å². The molecule has 6 saturated heterocycles. The second-order valence-electron chi connectivity index (χ2n) is 36.0. The minimum Gasteiger partial charge on any atom is -0.395 e. The van der Waals surface area contributed by atoms with Gasteiger partial charge >= 0.3 is 72.4 Å². The first-order valence-corrected chi connectivity index (χ1v) is 79.1. The summed E-state index contributed by atoms with van der Waals surface area (Å²) < 4.78 is 167. The lowest BCUT2D eigenvalue weighted by Crippen LogP contribution is -2.93. The van der Waals surface area contributed by atoms with Crippen molar-refractivity contribution < 1.29 is 82.3 Å². The van der Waals surface area contributed by atoms with Crippen LogP contribution in [0.3, 0.4) is 0 Å². The third kappa shape index (κ3) is 25.3. The van der Waals surface area contributed by atoms with Crippen LogP contribution in [-0.2, 0) is 134 Å². The highest BCUT2D eigenvalue weighted by atomic mass is 28.7. The highest BCUT2D eigenvalue weighted by Gasteiger charge is 2.93. The molecule has 116 heavy (non-hydrogen) atoms. The van der Waals surface area contributed by atoms with Crippen molar-refractivity contribution in [1.82, 2.24) is 0 Å². The molecule has 36 heteroatoms. The molecule has 0 amide bonds. The Morgan fingerprint density at radius 2 is 0.241 bits per heavy atom. The molecule has 0 saturated carbocycles. The van der Waals surface area contributed by atoms with Crippen LogP contribution in [0.15, 0.2) is 243 Å². The fourth-order valence-corrected chi connectivity index (χ4v) is 87.4. The van der Waals surface area contributed by atoms with E-state index in [4.69, 9.17) is 82.3 Å². The zero-order valence-corrected chi connectivity index (χ0v) is 86.6. The van der Waals surface area contributed by atoms with Gasteiger partial charge in [0.15, 0.2) is 66.5 Å². The van der Waals surface area contributed by atoms with Gasteiger partial charge in [-0.15, -0.1) is 0 Å². The monoisotopic (exact) mass is 1850 g/mol. The van der Waals surface area contributed by atoms with Gasteiger partial charge in [-0.1, -0.05) is 243 Å². The zero-order valence-electron chi connectivity index (χ0n) is 70.6. The standard InChI is InChI=1S/C80H120O20Si16/c1-101(2,65-57-73-41-25-17-26-42-73)81-109-89-110(82-102(3,4)66-58-74-43-27-18-28-44-74)92-113(85-105(9,10)69-61-77-49-33-21-34-50-77)94-111(90-109,83-103(5,6)67-59-75-45-29-19-30-46-75)96-115(87-107(13,14)71-63-79-53-37-23-38-54-79)97-112(91-109,84-104(7,8)68-60-76-47-31-20-32-48-76)95-114(93-110,86-106(11,12)70-62-78-51-35-22-36-52-78)99-116(98-113,100-115)88-108(15,16)72-64-80-55-39-24-40-56-80/h17-56H,57-72H2,1-16H3. The molecule has 0 aliphatic carbocycles. The van der Waals surface area contributed by atoms with E-state index in [9.17, 15) is 0 Å². The predicted molar refractivity (Wildman–Crippen MR) is 487 cm³/mol. The van der Waals surface area contributed by atoms with Gasteiger partial charge in [0.1, 0.15) is 0 Å². The molecule has 14 rings (SSSR count). The molecule has 6 aliphatic heterocycles. The maximum atomic E-state index is 8.46. The van der Waals surface area contributed by atoms with Crippen LogP contribution in [0.5, 0.6) is 0 Å². The van der Waals surface area contributed by atoms with Gasteiger partial charge in [-0.05, 0) is 249 Å². The van der Waals surface area contributed by atoms with Crippen molar-refractivity contribution in [2.45, 2.75) is 204 Å². The molecule has 8 aromatic carbocycles. The predicted octanol–water partition coefficient (Wildman–Crippen LogP) is 19.5.